The third-order valence-corrected chi connectivity index (χ3v) is 7.70. The monoisotopic (exact) mass is 466 g/mol. The van der Waals surface area contributed by atoms with Crippen molar-refractivity contribution in [2.75, 3.05) is 5.32 Å². The van der Waals surface area contributed by atoms with Gasteiger partial charge in [0.15, 0.2) is 20.7 Å². The fourth-order valence-corrected chi connectivity index (χ4v) is 5.12. The van der Waals surface area contributed by atoms with Crippen LogP contribution in [0.3, 0.4) is 0 Å². The van der Waals surface area contributed by atoms with Crippen molar-refractivity contribution in [2.24, 2.45) is 5.16 Å². The van der Waals surface area contributed by atoms with Gasteiger partial charge in [0.05, 0.1) is 21.8 Å². The zero-order valence-electron chi connectivity index (χ0n) is 16.8. The molecule has 3 aromatic rings. The Bertz CT molecular complexity index is 1290. The van der Waals surface area contributed by atoms with Gasteiger partial charge in [0.2, 0.25) is 0 Å². The number of aromatic nitrogens is 1. The van der Waals surface area contributed by atoms with Crippen LogP contribution in [0.1, 0.15) is 29.5 Å². The molecule has 1 aromatic heterocycles. The number of nitrogens with zero attached hydrogens (tertiary/aromatic N) is 3. The standard InChI is InChI=1S/C22H18N4O4S2/c23-13-15-2-1-3-16(12-15)14-30-26-20(21(27)25-22-24-10-11-31-22)17-4-6-18(7-5-17)32(28,29)19-8-9-19/h1-7,10-12,19H,8-9,14H2,(H,24,25,27). The molecule has 0 bridgehead atoms. The van der Waals surface area contributed by atoms with Gasteiger partial charge in [-0.2, -0.15) is 5.26 Å². The van der Waals surface area contributed by atoms with Gasteiger partial charge in [0.25, 0.3) is 5.91 Å². The second-order valence-electron chi connectivity index (χ2n) is 7.09. The van der Waals surface area contributed by atoms with Gasteiger partial charge in [-0.3, -0.25) is 10.1 Å². The molecular formula is C22H18N4O4S2. The van der Waals surface area contributed by atoms with E-state index in [4.69, 9.17) is 10.1 Å². The molecule has 32 heavy (non-hydrogen) atoms. The van der Waals surface area contributed by atoms with Crippen LogP contribution in [0.15, 0.2) is 70.2 Å². The molecule has 1 N–H and O–H groups in total. The summed E-state index contributed by atoms with van der Waals surface area (Å²) < 4.78 is 24.9. The number of carbonyl (C=O) groups excluding carboxylic acids is 1. The molecule has 10 heteroatoms. The molecule has 0 unspecified atom stereocenters. The second kappa shape index (κ2) is 9.30. The fraction of sp³-hybridized carbons (Fsp3) is 0.182. The van der Waals surface area contributed by atoms with Crippen LogP contribution in [0.4, 0.5) is 5.13 Å². The minimum atomic E-state index is -3.34. The lowest BCUT2D eigenvalue weighted by Gasteiger charge is -2.09. The van der Waals surface area contributed by atoms with Gasteiger partial charge < -0.3 is 4.84 Å². The number of oxime groups is 1. The normalized spacial score (nSPS) is 13.9. The van der Waals surface area contributed by atoms with Crippen molar-refractivity contribution in [3.8, 4) is 6.07 Å². The Morgan fingerprint density at radius 3 is 2.69 bits per heavy atom. The van der Waals surface area contributed by atoms with E-state index in [-0.39, 0.29) is 22.5 Å². The molecule has 0 radical (unpaired) electrons. The summed E-state index contributed by atoms with van der Waals surface area (Å²) in [5.41, 5.74) is 1.59. The number of thiazole rings is 1. The maximum absolute atomic E-state index is 12.8. The van der Waals surface area contributed by atoms with E-state index in [1.165, 1.54) is 35.6 Å². The van der Waals surface area contributed by atoms with Gasteiger partial charge in [-0.15, -0.1) is 11.3 Å². The van der Waals surface area contributed by atoms with Crippen molar-refractivity contribution in [3.05, 3.63) is 76.8 Å². The van der Waals surface area contributed by atoms with Crippen molar-refractivity contribution >= 4 is 37.9 Å². The smallest absolute Gasteiger partial charge is 0.280 e. The molecule has 4 rings (SSSR count). The van der Waals surface area contributed by atoms with E-state index >= 15 is 0 Å². The van der Waals surface area contributed by atoms with Gasteiger partial charge in [-0.05, 0) is 42.7 Å². The van der Waals surface area contributed by atoms with E-state index in [9.17, 15) is 13.2 Å². The van der Waals surface area contributed by atoms with Crippen LogP contribution < -0.4 is 5.32 Å². The molecule has 162 valence electrons. The number of benzene rings is 2. The molecule has 0 aliphatic heterocycles. The zero-order chi connectivity index (χ0) is 22.6. The topological polar surface area (TPSA) is 122 Å². The first-order valence-corrected chi connectivity index (χ1v) is 12.1. The summed E-state index contributed by atoms with van der Waals surface area (Å²) in [5.74, 6) is -0.538. The number of amides is 1. The largest absolute Gasteiger partial charge is 0.390 e. The third-order valence-electron chi connectivity index (χ3n) is 4.73. The first-order chi connectivity index (χ1) is 15.5. The SMILES string of the molecule is N#Cc1cccc(CON=C(C(=O)Nc2nccs2)c2ccc(S(=O)(=O)C3CC3)cc2)c1. The van der Waals surface area contributed by atoms with Gasteiger partial charge >= 0.3 is 0 Å². The van der Waals surface area contributed by atoms with E-state index in [2.05, 4.69) is 21.5 Å². The lowest BCUT2D eigenvalue weighted by Crippen LogP contribution is -2.24. The Hall–Kier alpha value is -3.55. The third kappa shape index (κ3) is 5.01. The lowest BCUT2D eigenvalue weighted by atomic mass is 10.1. The Kier molecular flexibility index (Phi) is 6.30. The summed E-state index contributed by atoms with van der Waals surface area (Å²) in [6, 6.07) is 14.9. The number of nitriles is 1. The van der Waals surface area contributed by atoms with Crippen molar-refractivity contribution in [1.29, 1.82) is 5.26 Å². The van der Waals surface area contributed by atoms with Gasteiger partial charge in [-0.1, -0.05) is 29.4 Å². The summed E-state index contributed by atoms with van der Waals surface area (Å²) in [5, 5.41) is 17.5. The first kappa shape index (κ1) is 21.7. The highest BCUT2D eigenvalue weighted by molar-refractivity contribution is 7.92. The number of hydrogen-bond donors (Lipinski definition) is 1. The molecule has 1 amide bonds. The Morgan fingerprint density at radius 1 is 1.25 bits per heavy atom. The van der Waals surface area contributed by atoms with Crippen LogP contribution >= 0.6 is 11.3 Å². The molecular weight excluding hydrogens is 448 g/mol. The molecule has 0 spiro atoms. The maximum Gasteiger partial charge on any atom is 0.280 e. The van der Waals surface area contributed by atoms with Crippen LogP contribution in [0, 0.1) is 11.3 Å². The Labute approximate surface area is 189 Å². The maximum atomic E-state index is 12.8. The summed E-state index contributed by atoms with van der Waals surface area (Å²) in [7, 11) is -3.34. The van der Waals surface area contributed by atoms with Crippen LogP contribution in [0.25, 0.3) is 0 Å². The molecule has 2 aromatic carbocycles. The average Bonchev–Trinajstić information content (AvgIpc) is 3.55. The Morgan fingerprint density at radius 2 is 2.03 bits per heavy atom. The quantitative estimate of drug-likeness (QED) is 0.400. The molecule has 1 aliphatic carbocycles. The molecule has 1 heterocycles. The van der Waals surface area contributed by atoms with E-state index in [1.54, 1.807) is 35.8 Å². The number of nitrogens with one attached hydrogen (secondary N) is 1. The van der Waals surface area contributed by atoms with E-state index in [1.807, 2.05) is 0 Å². The number of carbonyl (C=O) groups is 1. The zero-order valence-corrected chi connectivity index (χ0v) is 18.4. The minimum absolute atomic E-state index is 0.0213. The molecule has 1 saturated carbocycles. The highest BCUT2D eigenvalue weighted by Gasteiger charge is 2.36. The molecule has 0 saturated heterocycles. The summed E-state index contributed by atoms with van der Waals surface area (Å²) in [6.07, 6.45) is 2.91. The molecule has 1 fully saturated rings. The molecule has 8 nitrogen and oxygen atoms in total. The molecule has 0 atom stereocenters. The van der Waals surface area contributed by atoms with E-state index in [0.717, 1.165) is 5.56 Å². The van der Waals surface area contributed by atoms with Gasteiger partial charge in [-0.25, -0.2) is 13.4 Å². The van der Waals surface area contributed by atoms with Crippen LogP contribution in [-0.2, 0) is 26.1 Å². The van der Waals surface area contributed by atoms with Crippen molar-refractivity contribution in [3.63, 3.8) is 0 Å². The lowest BCUT2D eigenvalue weighted by molar-refractivity contribution is -0.110. The van der Waals surface area contributed by atoms with Gasteiger partial charge in [0, 0.05) is 17.1 Å². The number of rotatable bonds is 8. The van der Waals surface area contributed by atoms with Crippen molar-refractivity contribution < 1.29 is 18.0 Å². The van der Waals surface area contributed by atoms with Crippen molar-refractivity contribution in [2.45, 2.75) is 29.6 Å². The van der Waals surface area contributed by atoms with Crippen molar-refractivity contribution in [1.82, 2.24) is 4.98 Å². The van der Waals surface area contributed by atoms with E-state index < -0.39 is 15.7 Å². The summed E-state index contributed by atoms with van der Waals surface area (Å²) in [6.45, 7) is 0.0533. The number of sulfone groups is 1. The molecule has 1 aliphatic rings. The minimum Gasteiger partial charge on any atom is -0.390 e. The van der Waals surface area contributed by atoms with Gasteiger partial charge in [0.1, 0.15) is 6.61 Å². The van der Waals surface area contributed by atoms with E-state index in [0.29, 0.717) is 29.1 Å². The van der Waals surface area contributed by atoms with Crippen LogP contribution in [0.5, 0.6) is 0 Å². The fourth-order valence-electron chi connectivity index (χ4n) is 2.94. The predicted octanol–water partition coefficient (Wildman–Crippen LogP) is 3.51. The summed E-state index contributed by atoms with van der Waals surface area (Å²) >= 11 is 1.26. The summed E-state index contributed by atoms with van der Waals surface area (Å²) in [4.78, 5) is 22.5. The second-order valence-corrected chi connectivity index (χ2v) is 10.2. The predicted molar refractivity (Wildman–Crippen MR) is 120 cm³/mol. The highest BCUT2D eigenvalue weighted by Crippen LogP contribution is 2.33. The van der Waals surface area contributed by atoms with Crippen LogP contribution in [-0.4, -0.2) is 30.3 Å². The number of hydrogen-bond acceptors (Lipinski definition) is 8. The number of anilines is 1. The Balaban J connectivity index is 1.57. The highest BCUT2D eigenvalue weighted by atomic mass is 32.2. The first-order valence-electron chi connectivity index (χ1n) is 9.71. The van der Waals surface area contributed by atoms with Crippen LogP contribution in [0.2, 0.25) is 0 Å². The average molecular weight is 467 g/mol.